The van der Waals surface area contributed by atoms with Crippen LogP contribution in [0.15, 0.2) is 22.8 Å². The quantitative estimate of drug-likeness (QED) is 0.730. The first-order chi connectivity index (χ1) is 5.70. The number of aromatic nitrogens is 2. The molecule has 4 heteroatoms. The third kappa shape index (κ3) is 1.65. The van der Waals surface area contributed by atoms with Crippen LogP contribution in [0.3, 0.4) is 0 Å². The fourth-order valence-corrected chi connectivity index (χ4v) is 1.69. The lowest BCUT2D eigenvalue weighted by molar-refractivity contribution is 1.03. The summed E-state index contributed by atoms with van der Waals surface area (Å²) < 4.78 is 3.25. The van der Waals surface area contributed by atoms with Crippen molar-refractivity contribution in [3.05, 3.63) is 34.2 Å². The Hall–Kier alpha value is -0.350. The van der Waals surface area contributed by atoms with Crippen molar-refractivity contribution in [1.82, 2.24) is 9.38 Å². The van der Waals surface area contributed by atoms with Gasteiger partial charge in [-0.2, -0.15) is 0 Å². The van der Waals surface area contributed by atoms with Crippen molar-refractivity contribution in [1.29, 1.82) is 0 Å². The van der Waals surface area contributed by atoms with E-state index in [-0.39, 0.29) is 17.0 Å². The summed E-state index contributed by atoms with van der Waals surface area (Å²) in [5.74, 6) is 0. The average molecular weight is 306 g/mol. The van der Waals surface area contributed by atoms with Gasteiger partial charge in [0, 0.05) is 22.1 Å². The fourth-order valence-electron chi connectivity index (χ4n) is 1.38. The van der Waals surface area contributed by atoms with Crippen LogP contribution in [0.5, 0.6) is 0 Å². The minimum absolute atomic E-state index is 0. The van der Waals surface area contributed by atoms with Crippen LogP contribution in [0.25, 0.3) is 5.65 Å². The minimum Gasteiger partial charge on any atom is -0.301 e. The first kappa shape index (κ1) is 10.7. The van der Waals surface area contributed by atoms with Gasteiger partial charge in [-0.1, -0.05) is 0 Å². The van der Waals surface area contributed by atoms with Crippen LogP contribution in [0.1, 0.15) is 11.4 Å². The van der Waals surface area contributed by atoms with Crippen molar-refractivity contribution in [3.63, 3.8) is 0 Å². The molecule has 0 aliphatic rings. The summed E-state index contributed by atoms with van der Waals surface area (Å²) in [6.45, 7) is 4.13. The Bertz CT molecular complexity index is 434. The number of halogens is 2. The number of hydrogen-bond donors (Lipinski definition) is 0. The smallest absolute Gasteiger partial charge is 0.137 e. The number of imidazole rings is 1. The van der Waals surface area contributed by atoms with Gasteiger partial charge in [0.2, 0.25) is 0 Å². The molecule has 2 heterocycles. The molecule has 0 spiro atoms. The van der Waals surface area contributed by atoms with E-state index in [0.717, 1.165) is 10.1 Å². The first-order valence-electron chi connectivity index (χ1n) is 3.79. The van der Waals surface area contributed by atoms with E-state index in [9.17, 15) is 0 Å². The lowest BCUT2D eigenvalue weighted by Gasteiger charge is -2.03. The maximum atomic E-state index is 4.26. The molecule has 0 saturated carbocycles. The Morgan fingerprint density at radius 2 is 2.00 bits per heavy atom. The van der Waals surface area contributed by atoms with Crippen LogP contribution in [0.4, 0.5) is 0 Å². The number of aryl methyl sites for hydroxylation is 2. The Balaban J connectivity index is 0.000000845. The first-order valence-corrected chi connectivity index (χ1v) is 4.58. The summed E-state index contributed by atoms with van der Waals surface area (Å²) in [6, 6.07) is 4.03. The molecular weight excluding hydrogens is 296 g/mol. The molecule has 0 unspecified atom stereocenters. The van der Waals surface area contributed by atoms with E-state index >= 15 is 0 Å². The van der Waals surface area contributed by atoms with Crippen LogP contribution >= 0.6 is 32.9 Å². The molecule has 0 radical (unpaired) electrons. The molecule has 70 valence electrons. The molecule has 0 atom stereocenters. The molecule has 0 amide bonds. The van der Waals surface area contributed by atoms with Gasteiger partial charge in [-0.3, -0.25) is 0 Å². The highest BCUT2D eigenvalue weighted by atomic mass is 79.9. The summed E-state index contributed by atoms with van der Waals surface area (Å²) >= 11 is 3.49. The molecule has 0 N–H and O–H groups in total. The molecule has 2 aromatic heterocycles. The van der Waals surface area contributed by atoms with Crippen molar-refractivity contribution >= 4 is 38.6 Å². The van der Waals surface area contributed by atoms with Crippen molar-refractivity contribution in [2.45, 2.75) is 13.8 Å². The number of hydrogen-bond acceptors (Lipinski definition) is 1. The number of nitrogens with zero attached hydrogens (tertiary/aromatic N) is 2. The lowest BCUT2D eigenvalue weighted by atomic mass is 10.3. The summed E-state index contributed by atoms with van der Waals surface area (Å²) in [5.41, 5.74) is 3.37. The number of rotatable bonds is 0. The van der Waals surface area contributed by atoms with E-state index in [2.05, 4.69) is 39.2 Å². The zero-order valence-corrected chi connectivity index (χ0v) is 10.7. The Morgan fingerprint density at radius 3 is 2.69 bits per heavy atom. The molecular formula is C9H10Br2N2. The van der Waals surface area contributed by atoms with Gasteiger partial charge < -0.3 is 4.40 Å². The van der Waals surface area contributed by atoms with Crippen molar-refractivity contribution in [3.8, 4) is 0 Å². The van der Waals surface area contributed by atoms with Crippen LogP contribution in [-0.2, 0) is 0 Å². The van der Waals surface area contributed by atoms with E-state index in [1.54, 1.807) is 0 Å². The third-order valence-corrected chi connectivity index (χ3v) is 2.86. The summed E-state index contributed by atoms with van der Waals surface area (Å²) in [6.07, 6.45) is 1.88. The molecule has 0 fully saturated rings. The standard InChI is InChI=1S/C9H9BrN2.BrH/c1-6-5-11-9-4-3-8(10)7(2)12(6)9;/h3-5H,1-2H3;1H. The summed E-state index contributed by atoms with van der Waals surface area (Å²) in [5, 5.41) is 0. The Kier molecular flexibility index (Phi) is 3.14. The maximum Gasteiger partial charge on any atom is 0.137 e. The predicted molar refractivity (Wildman–Crippen MR) is 62.7 cm³/mol. The molecule has 0 aliphatic carbocycles. The van der Waals surface area contributed by atoms with Gasteiger partial charge in [-0.15, -0.1) is 17.0 Å². The highest BCUT2D eigenvalue weighted by molar-refractivity contribution is 9.10. The Morgan fingerprint density at radius 1 is 1.31 bits per heavy atom. The Labute approximate surface area is 95.9 Å². The zero-order valence-electron chi connectivity index (χ0n) is 7.41. The molecule has 2 aromatic rings. The highest BCUT2D eigenvalue weighted by Crippen LogP contribution is 2.18. The van der Waals surface area contributed by atoms with Crippen molar-refractivity contribution in [2.75, 3.05) is 0 Å². The molecule has 0 bridgehead atoms. The monoisotopic (exact) mass is 304 g/mol. The molecule has 0 aliphatic heterocycles. The van der Waals surface area contributed by atoms with Crippen LogP contribution in [-0.4, -0.2) is 9.38 Å². The second kappa shape index (κ2) is 3.80. The summed E-state index contributed by atoms with van der Waals surface area (Å²) in [4.78, 5) is 4.26. The van der Waals surface area contributed by atoms with Gasteiger partial charge >= 0.3 is 0 Å². The number of fused-ring (bicyclic) bond motifs is 1. The van der Waals surface area contributed by atoms with Crippen molar-refractivity contribution < 1.29 is 0 Å². The topological polar surface area (TPSA) is 17.3 Å². The van der Waals surface area contributed by atoms with Gasteiger partial charge in [-0.05, 0) is 41.9 Å². The van der Waals surface area contributed by atoms with Crippen LogP contribution < -0.4 is 0 Å². The molecule has 2 rings (SSSR count). The predicted octanol–water partition coefficient (Wildman–Crippen LogP) is 3.29. The van der Waals surface area contributed by atoms with Crippen molar-refractivity contribution in [2.24, 2.45) is 0 Å². The average Bonchev–Trinajstić information content (AvgIpc) is 2.41. The second-order valence-electron chi connectivity index (χ2n) is 2.86. The van der Waals surface area contributed by atoms with Gasteiger partial charge in [0.15, 0.2) is 0 Å². The number of pyridine rings is 1. The van der Waals surface area contributed by atoms with E-state index in [1.165, 1.54) is 11.4 Å². The fraction of sp³-hybridized carbons (Fsp3) is 0.222. The van der Waals surface area contributed by atoms with E-state index in [4.69, 9.17) is 0 Å². The molecule has 13 heavy (non-hydrogen) atoms. The largest absolute Gasteiger partial charge is 0.301 e. The zero-order chi connectivity index (χ0) is 8.72. The second-order valence-corrected chi connectivity index (χ2v) is 3.71. The van der Waals surface area contributed by atoms with E-state index < -0.39 is 0 Å². The van der Waals surface area contributed by atoms with Gasteiger partial charge in [-0.25, -0.2) is 4.98 Å². The maximum absolute atomic E-state index is 4.26. The normalized spacial score (nSPS) is 10.1. The molecule has 2 nitrogen and oxygen atoms in total. The minimum atomic E-state index is 0. The molecule has 0 aromatic carbocycles. The molecule has 0 saturated heterocycles. The van der Waals surface area contributed by atoms with Crippen LogP contribution in [0.2, 0.25) is 0 Å². The highest BCUT2D eigenvalue weighted by Gasteiger charge is 2.03. The van der Waals surface area contributed by atoms with E-state index in [1.807, 2.05) is 18.3 Å². The van der Waals surface area contributed by atoms with Gasteiger partial charge in [0.05, 0.1) is 0 Å². The SMILES string of the molecule is Br.Cc1cnc2ccc(Br)c(C)n12. The third-order valence-electron chi connectivity index (χ3n) is 2.03. The van der Waals surface area contributed by atoms with E-state index in [0.29, 0.717) is 0 Å². The lowest BCUT2D eigenvalue weighted by Crippen LogP contribution is -1.93. The van der Waals surface area contributed by atoms with Gasteiger partial charge in [0.25, 0.3) is 0 Å². The van der Waals surface area contributed by atoms with Gasteiger partial charge in [0.1, 0.15) is 5.65 Å². The summed E-state index contributed by atoms with van der Waals surface area (Å²) in [7, 11) is 0. The van der Waals surface area contributed by atoms with Crippen LogP contribution in [0, 0.1) is 13.8 Å².